The molecule has 0 spiro atoms. The molecule has 0 N–H and O–H groups in total. The number of ether oxygens (including phenoxy) is 1. The van der Waals surface area contributed by atoms with Crippen LogP contribution in [0.2, 0.25) is 0 Å². The van der Waals surface area contributed by atoms with Crippen molar-refractivity contribution in [2.24, 2.45) is 13.0 Å². The van der Waals surface area contributed by atoms with Gasteiger partial charge in [-0.3, -0.25) is 9.59 Å². The number of benzene rings is 1. The van der Waals surface area contributed by atoms with E-state index in [0.29, 0.717) is 45.1 Å². The quantitative estimate of drug-likeness (QED) is 0.731. The standard InChI is InChI=1S/C20H24BrN3O3/c1-22-16-5-3-2-4-15(16)17(21)18(22)20(26)23-8-6-14(7-9-23)19(25)24-10-12-27-13-11-24/h2-5,14H,6-13H2,1H3. The molecule has 2 aromatic rings. The summed E-state index contributed by atoms with van der Waals surface area (Å²) in [5, 5.41) is 1.04. The van der Waals surface area contributed by atoms with Crippen molar-refractivity contribution in [2.75, 3.05) is 39.4 Å². The van der Waals surface area contributed by atoms with Gasteiger partial charge in [0.1, 0.15) is 5.69 Å². The van der Waals surface area contributed by atoms with Crippen molar-refractivity contribution < 1.29 is 14.3 Å². The fraction of sp³-hybridized carbons (Fsp3) is 0.500. The zero-order valence-electron chi connectivity index (χ0n) is 15.5. The summed E-state index contributed by atoms with van der Waals surface area (Å²) in [4.78, 5) is 29.6. The predicted octanol–water partition coefficient (Wildman–Crippen LogP) is 2.65. The summed E-state index contributed by atoms with van der Waals surface area (Å²) in [7, 11) is 1.93. The number of rotatable bonds is 2. The molecule has 2 amide bonds. The fourth-order valence-electron chi connectivity index (χ4n) is 4.11. The van der Waals surface area contributed by atoms with Crippen molar-refractivity contribution in [1.29, 1.82) is 0 Å². The van der Waals surface area contributed by atoms with Crippen LogP contribution in [0.4, 0.5) is 0 Å². The highest BCUT2D eigenvalue weighted by atomic mass is 79.9. The minimum atomic E-state index is 0.0167. The normalized spacial score (nSPS) is 18.9. The molecule has 3 heterocycles. The van der Waals surface area contributed by atoms with Crippen LogP contribution in [-0.2, 0) is 16.6 Å². The van der Waals surface area contributed by atoms with Gasteiger partial charge >= 0.3 is 0 Å². The number of aromatic nitrogens is 1. The lowest BCUT2D eigenvalue weighted by atomic mass is 9.95. The molecule has 0 aliphatic carbocycles. The van der Waals surface area contributed by atoms with Gasteiger partial charge in [0.05, 0.1) is 17.7 Å². The smallest absolute Gasteiger partial charge is 0.271 e. The van der Waals surface area contributed by atoms with E-state index in [-0.39, 0.29) is 17.7 Å². The number of halogens is 1. The summed E-state index contributed by atoms with van der Waals surface area (Å²) in [5.41, 5.74) is 1.71. The third kappa shape index (κ3) is 3.38. The molecule has 1 aromatic carbocycles. The summed E-state index contributed by atoms with van der Waals surface area (Å²) < 4.78 is 8.12. The number of morpholine rings is 1. The highest BCUT2D eigenvalue weighted by Crippen LogP contribution is 2.32. The van der Waals surface area contributed by atoms with E-state index in [1.54, 1.807) is 0 Å². The number of amides is 2. The lowest BCUT2D eigenvalue weighted by Gasteiger charge is -2.35. The van der Waals surface area contributed by atoms with Crippen molar-refractivity contribution in [3.63, 3.8) is 0 Å². The van der Waals surface area contributed by atoms with Crippen LogP contribution in [0.3, 0.4) is 0 Å². The number of hydrogen-bond donors (Lipinski definition) is 0. The van der Waals surface area contributed by atoms with Crippen LogP contribution in [0.1, 0.15) is 23.3 Å². The van der Waals surface area contributed by atoms with Gasteiger partial charge in [0.15, 0.2) is 0 Å². The van der Waals surface area contributed by atoms with Crippen molar-refractivity contribution in [2.45, 2.75) is 12.8 Å². The number of piperidine rings is 1. The molecule has 2 aliphatic heterocycles. The van der Waals surface area contributed by atoms with Crippen molar-refractivity contribution in [1.82, 2.24) is 14.4 Å². The molecular formula is C20H24BrN3O3. The molecule has 2 aliphatic rings. The van der Waals surface area contributed by atoms with Crippen LogP contribution in [0.15, 0.2) is 28.7 Å². The van der Waals surface area contributed by atoms with Gasteiger partial charge < -0.3 is 19.1 Å². The Morgan fingerprint density at radius 2 is 1.70 bits per heavy atom. The Hall–Kier alpha value is -1.86. The summed E-state index contributed by atoms with van der Waals surface area (Å²) in [6, 6.07) is 7.99. The molecular weight excluding hydrogens is 410 g/mol. The third-order valence-corrected chi connectivity index (χ3v) is 6.50. The number of carbonyl (C=O) groups excluding carboxylic acids is 2. The average molecular weight is 434 g/mol. The van der Waals surface area contributed by atoms with Gasteiger partial charge in [-0.15, -0.1) is 0 Å². The topological polar surface area (TPSA) is 54.8 Å². The maximum Gasteiger partial charge on any atom is 0.271 e. The van der Waals surface area contributed by atoms with Gasteiger partial charge in [-0.25, -0.2) is 0 Å². The Morgan fingerprint density at radius 3 is 2.37 bits per heavy atom. The molecule has 1 aromatic heterocycles. The minimum absolute atomic E-state index is 0.0167. The second-order valence-corrected chi connectivity index (χ2v) is 8.04. The molecule has 27 heavy (non-hydrogen) atoms. The molecule has 0 unspecified atom stereocenters. The summed E-state index contributed by atoms with van der Waals surface area (Å²) >= 11 is 3.62. The van der Waals surface area contributed by atoms with Crippen LogP contribution in [-0.4, -0.2) is 65.6 Å². The van der Waals surface area contributed by atoms with Crippen molar-refractivity contribution >= 4 is 38.6 Å². The molecule has 2 fully saturated rings. The number of aryl methyl sites for hydroxylation is 1. The second-order valence-electron chi connectivity index (χ2n) is 7.24. The highest BCUT2D eigenvalue weighted by molar-refractivity contribution is 9.10. The Labute approximate surface area is 167 Å². The fourth-order valence-corrected chi connectivity index (χ4v) is 4.88. The van der Waals surface area contributed by atoms with Gasteiger partial charge in [0, 0.05) is 50.0 Å². The molecule has 0 atom stereocenters. The van der Waals surface area contributed by atoms with E-state index in [0.717, 1.165) is 28.2 Å². The third-order valence-electron chi connectivity index (χ3n) is 5.70. The van der Waals surface area contributed by atoms with E-state index in [2.05, 4.69) is 15.9 Å². The molecule has 7 heteroatoms. The van der Waals surface area contributed by atoms with E-state index in [1.165, 1.54) is 0 Å². The highest BCUT2D eigenvalue weighted by Gasteiger charge is 2.32. The lowest BCUT2D eigenvalue weighted by Crippen LogP contribution is -2.47. The number of hydrogen-bond acceptors (Lipinski definition) is 3. The molecule has 2 saturated heterocycles. The molecule has 6 nitrogen and oxygen atoms in total. The van der Waals surface area contributed by atoms with Crippen molar-refractivity contribution in [3.05, 3.63) is 34.4 Å². The lowest BCUT2D eigenvalue weighted by molar-refractivity contribution is -0.141. The maximum absolute atomic E-state index is 13.2. The van der Waals surface area contributed by atoms with Crippen LogP contribution in [0, 0.1) is 5.92 Å². The van der Waals surface area contributed by atoms with Crippen LogP contribution >= 0.6 is 15.9 Å². The van der Waals surface area contributed by atoms with Crippen molar-refractivity contribution in [3.8, 4) is 0 Å². The van der Waals surface area contributed by atoms with E-state index in [1.807, 2.05) is 45.7 Å². The van der Waals surface area contributed by atoms with E-state index in [9.17, 15) is 9.59 Å². The first kappa shape index (κ1) is 18.5. The number of likely N-dealkylation sites (tertiary alicyclic amines) is 1. The predicted molar refractivity (Wildman–Crippen MR) is 107 cm³/mol. The van der Waals surface area contributed by atoms with E-state index >= 15 is 0 Å². The minimum Gasteiger partial charge on any atom is -0.378 e. The van der Waals surface area contributed by atoms with Gasteiger partial charge in [0.25, 0.3) is 5.91 Å². The van der Waals surface area contributed by atoms with E-state index < -0.39 is 0 Å². The average Bonchev–Trinajstić information content (AvgIpc) is 2.98. The Kier molecular flexibility index (Phi) is 5.23. The SMILES string of the molecule is Cn1c(C(=O)N2CCC(C(=O)N3CCOCC3)CC2)c(Br)c2ccccc21. The molecule has 0 radical (unpaired) electrons. The maximum atomic E-state index is 13.2. The van der Waals surface area contributed by atoms with Gasteiger partial charge in [0.2, 0.25) is 5.91 Å². The number of carbonyl (C=O) groups is 2. The number of para-hydroxylation sites is 1. The number of nitrogens with zero attached hydrogens (tertiary/aromatic N) is 3. The van der Waals surface area contributed by atoms with Crippen LogP contribution in [0.25, 0.3) is 10.9 Å². The Bertz CT molecular complexity index is 826. The summed E-state index contributed by atoms with van der Waals surface area (Å²) in [6.45, 7) is 3.85. The Balaban J connectivity index is 1.45. The monoisotopic (exact) mass is 433 g/mol. The summed E-state index contributed by atoms with van der Waals surface area (Å²) in [6.07, 6.45) is 1.45. The molecule has 4 rings (SSSR count). The zero-order valence-corrected chi connectivity index (χ0v) is 17.1. The first-order valence-electron chi connectivity index (χ1n) is 9.46. The van der Waals surface area contributed by atoms with Gasteiger partial charge in [-0.2, -0.15) is 0 Å². The van der Waals surface area contributed by atoms with Crippen LogP contribution < -0.4 is 0 Å². The Morgan fingerprint density at radius 1 is 1.04 bits per heavy atom. The van der Waals surface area contributed by atoms with Gasteiger partial charge in [-0.1, -0.05) is 18.2 Å². The number of fused-ring (bicyclic) bond motifs is 1. The van der Waals surface area contributed by atoms with E-state index in [4.69, 9.17) is 4.74 Å². The molecule has 0 bridgehead atoms. The first-order chi connectivity index (χ1) is 13.1. The molecule has 0 saturated carbocycles. The second kappa shape index (κ2) is 7.64. The zero-order chi connectivity index (χ0) is 19.0. The molecule has 144 valence electrons. The van der Waals surface area contributed by atoms with Crippen LogP contribution in [0.5, 0.6) is 0 Å². The van der Waals surface area contributed by atoms with Gasteiger partial charge in [-0.05, 0) is 34.8 Å². The first-order valence-corrected chi connectivity index (χ1v) is 10.3. The largest absolute Gasteiger partial charge is 0.378 e. The summed E-state index contributed by atoms with van der Waals surface area (Å²) in [5.74, 6) is 0.261.